The molecule has 1 aliphatic rings. The van der Waals surface area contributed by atoms with Gasteiger partial charge in [-0.15, -0.1) is 0 Å². The Hall–Kier alpha value is -0.580. The number of halogens is 1. The van der Waals surface area contributed by atoms with E-state index in [0.29, 0.717) is 13.2 Å². The second-order valence-corrected chi connectivity index (χ2v) is 4.23. The Morgan fingerprint density at radius 2 is 2.00 bits per heavy atom. The Kier molecular flexibility index (Phi) is 3.05. The minimum absolute atomic E-state index is 0.0151. The molecule has 76 valence electrons. The lowest BCUT2D eigenvalue weighted by Crippen LogP contribution is -2.37. The van der Waals surface area contributed by atoms with Crippen molar-refractivity contribution in [1.29, 1.82) is 0 Å². The van der Waals surface area contributed by atoms with Gasteiger partial charge in [0.1, 0.15) is 11.9 Å². The van der Waals surface area contributed by atoms with Gasteiger partial charge in [-0.2, -0.15) is 0 Å². The molecule has 2 N–H and O–H groups in total. The highest BCUT2D eigenvalue weighted by atomic mass is 79.9. The van der Waals surface area contributed by atoms with Gasteiger partial charge in [0.15, 0.2) is 0 Å². The molecule has 0 radical (unpaired) electrons. The Morgan fingerprint density at radius 3 is 2.57 bits per heavy atom. The van der Waals surface area contributed by atoms with E-state index in [1.807, 2.05) is 24.3 Å². The predicted octanol–water partition coefficient (Wildman–Crippen LogP) is 1.55. The van der Waals surface area contributed by atoms with Gasteiger partial charge in [-0.25, -0.2) is 0 Å². The molecule has 0 unspecified atom stereocenters. The zero-order valence-electron chi connectivity index (χ0n) is 7.65. The monoisotopic (exact) mass is 257 g/mol. The van der Waals surface area contributed by atoms with E-state index < -0.39 is 0 Å². The molecule has 2 atom stereocenters. The highest BCUT2D eigenvalue weighted by Crippen LogP contribution is 2.19. The van der Waals surface area contributed by atoms with Gasteiger partial charge in [0, 0.05) is 4.47 Å². The molecule has 4 heteroatoms. The molecule has 3 nitrogen and oxygen atoms in total. The first-order valence-electron chi connectivity index (χ1n) is 4.51. The topological polar surface area (TPSA) is 44.5 Å². The first-order valence-corrected chi connectivity index (χ1v) is 5.30. The van der Waals surface area contributed by atoms with Gasteiger partial charge in [0.05, 0.1) is 19.3 Å². The summed E-state index contributed by atoms with van der Waals surface area (Å²) in [4.78, 5) is 0. The van der Waals surface area contributed by atoms with E-state index in [9.17, 15) is 0 Å². The number of hydrogen-bond acceptors (Lipinski definition) is 3. The van der Waals surface area contributed by atoms with Crippen LogP contribution in [0.3, 0.4) is 0 Å². The van der Waals surface area contributed by atoms with Crippen molar-refractivity contribution in [3.8, 4) is 5.75 Å². The van der Waals surface area contributed by atoms with E-state index >= 15 is 0 Å². The molecule has 1 aromatic carbocycles. The van der Waals surface area contributed by atoms with Crippen LogP contribution in [-0.2, 0) is 4.74 Å². The standard InChI is InChI=1S/C10H12BrNO2/c11-7-1-3-8(4-2-7)14-10-6-13-5-9(10)12/h1-4,9-10H,5-6,12H2/t9-,10+/m0/s1. The summed E-state index contributed by atoms with van der Waals surface area (Å²) < 4.78 is 11.9. The lowest BCUT2D eigenvalue weighted by Gasteiger charge is -2.15. The van der Waals surface area contributed by atoms with Crippen LogP contribution in [0.4, 0.5) is 0 Å². The number of rotatable bonds is 2. The molecule has 1 aliphatic heterocycles. The lowest BCUT2D eigenvalue weighted by atomic mass is 10.2. The van der Waals surface area contributed by atoms with Crippen molar-refractivity contribution in [2.75, 3.05) is 13.2 Å². The van der Waals surface area contributed by atoms with Gasteiger partial charge in [-0.3, -0.25) is 0 Å². The molecule has 0 aromatic heterocycles. The van der Waals surface area contributed by atoms with Crippen molar-refractivity contribution in [1.82, 2.24) is 0 Å². The predicted molar refractivity (Wildman–Crippen MR) is 57.4 cm³/mol. The van der Waals surface area contributed by atoms with Gasteiger partial charge in [-0.05, 0) is 24.3 Å². The third kappa shape index (κ3) is 2.26. The maximum absolute atomic E-state index is 5.80. The summed E-state index contributed by atoms with van der Waals surface area (Å²) in [5, 5.41) is 0. The average molecular weight is 258 g/mol. The minimum Gasteiger partial charge on any atom is -0.486 e. The Labute approximate surface area is 91.3 Å². The molecule has 1 fully saturated rings. The van der Waals surface area contributed by atoms with Crippen LogP contribution in [0.25, 0.3) is 0 Å². The maximum atomic E-state index is 5.80. The second-order valence-electron chi connectivity index (χ2n) is 3.31. The lowest BCUT2D eigenvalue weighted by molar-refractivity contribution is 0.140. The molecule has 0 spiro atoms. The summed E-state index contributed by atoms with van der Waals surface area (Å²) in [6.45, 7) is 1.17. The molecule has 0 aliphatic carbocycles. The normalized spacial score (nSPS) is 26.4. The van der Waals surface area contributed by atoms with E-state index in [0.717, 1.165) is 10.2 Å². The zero-order chi connectivity index (χ0) is 9.97. The van der Waals surface area contributed by atoms with Crippen molar-refractivity contribution >= 4 is 15.9 Å². The number of hydrogen-bond donors (Lipinski definition) is 1. The molecular weight excluding hydrogens is 246 g/mol. The smallest absolute Gasteiger partial charge is 0.139 e. The SMILES string of the molecule is N[C@H]1COC[C@H]1Oc1ccc(Br)cc1. The molecule has 14 heavy (non-hydrogen) atoms. The Morgan fingerprint density at radius 1 is 1.29 bits per heavy atom. The van der Waals surface area contributed by atoms with Crippen LogP contribution in [0, 0.1) is 0 Å². The van der Waals surface area contributed by atoms with Gasteiger partial charge < -0.3 is 15.2 Å². The fourth-order valence-electron chi connectivity index (χ4n) is 1.36. The summed E-state index contributed by atoms with van der Waals surface area (Å²) in [5.74, 6) is 0.833. The number of nitrogens with two attached hydrogens (primary N) is 1. The van der Waals surface area contributed by atoms with Crippen molar-refractivity contribution in [3.05, 3.63) is 28.7 Å². The minimum atomic E-state index is -0.0174. The largest absolute Gasteiger partial charge is 0.486 e. The molecule has 1 aromatic rings. The van der Waals surface area contributed by atoms with Crippen LogP contribution in [0.1, 0.15) is 0 Å². The third-order valence-electron chi connectivity index (χ3n) is 2.17. The number of benzene rings is 1. The van der Waals surface area contributed by atoms with E-state index in [1.165, 1.54) is 0 Å². The zero-order valence-corrected chi connectivity index (χ0v) is 9.24. The van der Waals surface area contributed by atoms with Gasteiger partial charge in [0.2, 0.25) is 0 Å². The highest BCUT2D eigenvalue weighted by Gasteiger charge is 2.26. The van der Waals surface area contributed by atoms with Crippen LogP contribution < -0.4 is 10.5 Å². The second kappa shape index (κ2) is 4.29. The molecule has 1 saturated heterocycles. The highest BCUT2D eigenvalue weighted by molar-refractivity contribution is 9.10. The van der Waals surface area contributed by atoms with Crippen molar-refractivity contribution in [3.63, 3.8) is 0 Å². The molecule has 0 saturated carbocycles. The van der Waals surface area contributed by atoms with E-state index in [-0.39, 0.29) is 12.1 Å². The van der Waals surface area contributed by atoms with Crippen molar-refractivity contribution < 1.29 is 9.47 Å². The van der Waals surface area contributed by atoms with Crippen LogP contribution in [0.5, 0.6) is 5.75 Å². The molecule has 0 bridgehead atoms. The molecular formula is C10H12BrNO2. The van der Waals surface area contributed by atoms with Gasteiger partial charge >= 0.3 is 0 Å². The average Bonchev–Trinajstić information content (AvgIpc) is 2.56. The fraction of sp³-hybridized carbons (Fsp3) is 0.400. The van der Waals surface area contributed by atoms with Gasteiger partial charge in [-0.1, -0.05) is 15.9 Å². The molecule has 1 heterocycles. The van der Waals surface area contributed by atoms with Gasteiger partial charge in [0.25, 0.3) is 0 Å². The summed E-state index contributed by atoms with van der Waals surface area (Å²) in [6.07, 6.45) is -0.0174. The fourth-order valence-corrected chi connectivity index (χ4v) is 1.62. The van der Waals surface area contributed by atoms with Crippen LogP contribution >= 0.6 is 15.9 Å². The molecule has 0 amide bonds. The summed E-state index contributed by atoms with van der Waals surface area (Å²) >= 11 is 3.37. The van der Waals surface area contributed by atoms with E-state index in [2.05, 4.69) is 15.9 Å². The third-order valence-corrected chi connectivity index (χ3v) is 2.70. The summed E-state index contributed by atoms with van der Waals surface area (Å²) in [5.41, 5.74) is 5.80. The molecule has 2 rings (SSSR count). The number of ether oxygens (including phenoxy) is 2. The van der Waals surface area contributed by atoms with Crippen LogP contribution in [0.2, 0.25) is 0 Å². The van der Waals surface area contributed by atoms with E-state index in [4.69, 9.17) is 15.2 Å². The summed E-state index contributed by atoms with van der Waals surface area (Å²) in [7, 11) is 0. The quantitative estimate of drug-likeness (QED) is 0.875. The Bertz CT molecular complexity index is 301. The van der Waals surface area contributed by atoms with Crippen LogP contribution in [0.15, 0.2) is 28.7 Å². The Balaban J connectivity index is 2.00. The first-order chi connectivity index (χ1) is 6.75. The van der Waals surface area contributed by atoms with E-state index in [1.54, 1.807) is 0 Å². The maximum Gasteiger partial charge on any atom is 0.139 e. The summed E-state index contributed by atoms with van der Waals surface area (Å²) in [6, 6.07) is 7.69. The van der Waals surface area contributed by atoms with Crippen LogP contribution in [-0.4, -0.2) is 25.4 Å². The first kappa shape index (κ1) is 9.96. The van der Waals surface area contributed by atoms with Crippen molar-refractivity contribution in [2.45, 2.75) is 12.1 Å². The van der Waals surface area contributed by atoms with Crippen molar-refractivity contribution in [2.24, 2.45) is 5.73 Å².